The van der Waals surface area contributed by atoms with Gasteiger partial charge in [0.25, 0.3) is 0 Å². The number of hydrogen-bond acceptors (Lipinski definition) is 4. The first-order valence-electron chi connectivity index (χ1n) is 4.76. The third kappa shape index (κ3) is 2.54. The maximum Gasteiger partial charge on any atom is 0.0776 e. The summed E-state index contributed by atoms with van der Waals surface area (Å²) in [7, 11) is 1.72. The molecule has 0 aromatic carbocycles. The summed E-state index contributed by atoms with van der Waals surface area (Å²) in [5.41, 5.74) is 4.03. The van der Waals surface area contributed by atoms with E-state index in [2.05, 4.69) is 30.7 Å². The molecule has 0 saturated carbocycles. The predicted molar refractivity (Wildman–Crippen MR) is 60.2 cm³/mol. The van der Waals surface area contributed by atoms with E-state index in [4.69, 9.17) is 10.6 Å². The Balaban J connectivity index is 2.80. The molecule has 0 fully saturated rings. The second-order valence-electron chi connectivity index (χ2n) is 3.32. The highest BCUT2D eigenvalue weighted by Gasteiger charge is 2.20. The van der Waals surface area contributed by atoms with Crippen LogP contribution in [0, 0.1) is 6.92 Å². The van der Waals surface area contributed by atoms with Gasteiger partial charge >= 0.3 is 0 Å². The molecule has 0 amide bonds. The van der Waals surface area contributed by atoms with Gasteiger partial charge < -0.3 is 4.74 Å². The van der Waals surface area contributed by atoms with Crippen molar-refractivity contribution in [1.29, 1.82) is 0 Å². The Labute approximate surface area is 89.2 Å². The largest absolute Gasteiger partial charge is 0.379 e. The minimum absolute atomic E-state index is 0.0925. The van der Waals surface area contributed by atoms with Crippen LogP contribution in [0.1, 0.15) is 29.8 Å². The fourth-order valence-corrected chi connectivity index (χ4v) is 2.32. The first-order chi connectivity index (χ1) is 6.72. The van der Waals surface area contributed by atoms with E-state index in [-0.39, 0.29) is 12.1 Å². The fourth-order valence-electron chi connectivity index (χ4n) is 1.58. The van der Waals surface area contributed by atoms with Crippen molar-refractivity contribution in [3.05, 3.63) is 21.9 Å². The zero-order valence-electron chi connectivity index (χ0n) is 8.91. The number of hydrazine groups is 1. The highest BCUT2D eigenvalue weighted by atomic mass is 32.1. The van der Waals surface area contributed by atoms with Crippen molar-refractivity contribution in [3.8, 4) is 0 Å². The van der Waals surface area contributed by atoms with Gasteiger partial charge in [-0.05, 0) is 30.4 Å². The predicted octanol–water partition coefficient (Wildman–Crippen LogP) is 1.99. The van der Waals surface area contributed by atoms with Crippen molar-refractivity contribution in [3.63, 3.8) is 0 Å². The average Bonchev–Trinajstić information content (AvgIpc) is 2.60. The topological polar surface area (TPSA) is 47.3 Å². The summed E-state index contributed by atoms with van der Waals surface area (Å²) < 4.78 is 5.38. The first-order valence-corrected chi connectivity index (χ1v) is 5.64. The lowest BCUT2D eigenvalue weighted by atomic mass is 10.0. The number of thiophene rings is 1. The van der Waals surface area contributed by atoms with Gasteiger partial charge in [0.1, 0.15) is 0 Å². The van der Waals surface area contributed by atoms with Crippen LogP contribution in [0.2, 0.25) is 0 Å². The second kappa shape index (κ2) is 5.46. The van der Waals surface area contributed by atoms with E-state index in [0.717, 1.165) is 6.42 Å². The molecule has 80 valence electrons. The molecule has 1 heterocycles. The van der Waals surface area contributed by atoms with Crippen LogP contribution in [-0.4, -0.2) is 13.2 Å². The van der Waals surface area contributed by atoms with Crippen molar-refractivity contribution >= 4 is 11.3 Å². The molecule has 0 aliphatic heterocycles. The average molecular weight is 214 g/mol. The Kier molecular flexibility index (Phi) is 4.54. The summed E-state index contributed by atoms with van der Waals surface area (Å²) in [5, 5.41) is 2.13. The second-order valence-corrected chi connectivity index (χ2v) is 4.43. The van der Waals surface area contributed by atoms with Crippen molar-refractivity contribution in [2.75, 3.05) is 7.11 Å². The van der Waals surface area contributed by atoms with Crippen molar-refractivity contribution in [1.82, 2.24) is 5.43 Å². The Hall–Kier alpha value is -0.420. The third-order valence-corrected chi connectivity index (χ3v) is 3.25. The summed E-state index contributed by atoms with van der Waals surface area (Å²) in [4.78, 5) is 1.30. The summed E-state index contributed by atoms with van der Waals surface area (Å²) in [6.07, 6.45) is 1.08. The Morgan fingerprint density at radius 1 is 1.64 bits per heavy atom. The highest BCUT2D eigenvalue weighted by molar-refractivity contribution is 7.10. The standard InChI is InChI=1S/C10H18N2OS/c1-4-9(13-3)10(12-11)8-5-7(2)14-6-8/h5-6,9-10,12H,4,11H2,1-3H3. The number of aryl methyl sites for hydroxylation is 1. The molecular formula is C10H18N2OS. The molecule has 1 aromatic heterocycles. The lowest BCUT2D eigenvalue weighted by Crippen LogP contribution is -2.37. The SMILES string of the molecule is CCC(OC)C(NN)c1csc(C)c1. The van der Waals surface area contributed by atoms with E-state index in [9.17, 15) is 0 Å². The van der Waals surface area contributed by atoms with Crippen molar-refractivity contribution < 1.29 is 4.74 Å². The third-order valence-electron chi connectivity index (χ3n) is 2.37. The van der Waals surface area contributed by atoms with E-state index in [1.807, 2.05) is 0 Å². The van der Waals surface area contributed by atoms with Crippen LogP contribution in [0.4, 0.5) is 0 Å². The number of nitrogens with one attached hydrogen (secondary N) is 1. The van der Waals surface area contributed by atoms with E-state index in [0.29, 0.717) is 0 Å². The zero-order valence-corrected chi connectivity index (χ0v) is 9.73. The monoisotopic (exact) mass is 214 g/mol. The molecular weight excluding hydrogens is 196 g/mol. The molecule has 0 spiro atoms. The van der Waals surface area contributed by atoms with Gasteiger partial charge in [0.2, 0.25) is 0 Å². The Morgan fingerprint density at radius 3 is 2.71 bits per heavy atom. The first kappa shape index (κ1) is 11.7. The quantitative estimate of drug-likeness (QED) is 0.582. The van der Waals surface area contributed by atoms with Crippen molar-refractivity contribution in [2.24, 2.45) is 5.84 Å². The lowest BCUT2D eigenvalue weighted by Gasteiger charge is -2.23. The molecule has 3 nitrogen and oxygen atoms in total. The van der Waals surface area contributed by atoms with Gasteiger partial charge in [0, 0.05) is 12.0 Å². The molecule has 0 bridgehead atoms. The van der Waals surface area contributed by atoms with Crippen LogP contribution >= 0.6 is 11.3 Å². The maximum absolute atomic E-state index is 5.54. The molecule has 2 unspecified atom stereocenters. The molecule has 14 heavy (non-hydrogen) atoms. The van der Waals surface area contributed by atoms with Crippen LogP contribution in [0.15, 0.2) is 11.4 Å². The van der Waals surface area contributed by atoms with Gasteiger partial charge in [-0.15, -0.1) is 11.3 Å². The summed E-state index contributed by atoms with van der Waals surface area (Å²) in [5.74, 6) is 5.54. The van der Waals surface area contributed by atoms with Gasteiger partial charge in [-0.2, -0.15) is 0 Å². The van der Waals surface area contributed by atoms with Crippen LogP contribution < -0.4 is 11.3 Å². The number of rotatable bonds is 5. The van der Waals surface area contributed by atoms with Gasteiger partial charge in [-0.1, -0.05) is 6.92 Å². The summed E-state index contributed by atoms with van der Waals surface area (Å²) >= 11 is 1.74. The smallest absolute Gasteiger partial charge is 0.0776 e. The molecule has 2 atom stereocenters. The highest BCUT2D eigenvalue weighted by Crippen LogP contribution is 2.24. The van der Waals surface area contributed by atoms with Crippen LogP contribution in [-0.2, 0) is 4.74 Å². The number of nitrogens with two attached hydrogens (primary N) is 1. The molecule has 0 saturated heterocycles. The minimum Gasteiger partial charge on any atom is -0.379 e. The van der Waals surface area contributed by atoms with Crippen LogP contribution in [0.5, 0.6) is 0 Å². The lowest BCUT2D eigenvalue weighted by molar-refractivity contribution is 0.0652. The molecule has 0 aliphatic rings. The maximum atomic E-state index is 5.54. The molecule has 0 radical (unpaired) electrons. The van der Waals surface area contributed by atoms with Crippen molar-refractivity contribution in [2.45, 2.75) is 32.4 Å². The van der Waals surface area contributed by atoms with E-state index >= 15 is 0 Å². The van der Waals surface area contributed by atoms with Crippen LogP contribution in [0.25, 0.3) is 0 Å². The van der Waals surface area contributed by atoms with Gasteiger partial charge in [0.05, 0.1) is 12.1 Å². The molecule has 3 N–H and O–H groups in total. The number of methoxy groups -OCH3 is 1. The Morgan fingerprint density at radius 2 is 2.36 bits per heavy atom. The fraction of sp³-hybridized carbons (Fsp3) is 0.600. The number of ether oxygens (including phenoxy) is 1. The van der Waals surface area contributed by atoms with E-state index in [1.165, 1.54) is 10.4 Å². The summed E-state index contributed by atoms with van der Waals surface area (Å²) in [6.45, 7) is 4.19. The number of hydrogen-bond donors (Lipinski definition) is 2. The van der Waals surface area contributed by atoms with Gasteiger partial charge in [0.15, 0.2) is 0 Å². The summed E-state index contributed by atoms with van der Waals surface area (Å²) in [6, 6.07) is 2.24. The Bertz CT molecular complexity index is 271. The zero-order chi connectivity index (χ0) is 10.6. The van der Waals surface area contributed by atoms with Crippen LogP contribution in [0.3, 0.4) is 0 Å². The molecule has 0 aliphatic carbocycles. The van der Waals surface area contributed by atoms with E-state index in [1.54, 1.807) is 18.4 Å². The van der Waals surface area contributed by atoms with Gasteiger partial charge in [-0.25, -0.2) is 0 Å². The molecule has 1 aromatic rings. The van der Waals surface area contributed by atoms with Gasteiger partial charge in [-0.3, -0.25) is 11.3 Å². The molecule has 4 heteroatoms. The van der Waals surface area contributed by atoms with E-state index < -0.39 is 0 Å². The molecule has 1 rings (SSSR count). The normalized spacial score (nSPS) is 15.4. The minimum atomic E-state index is 0.0925.